The summed E-state index contributed by atoms with van der Waals surface area (Å²) in [5.41, 5.74) is -2.11. The Labute approximate surface area is 292 Å². The number of aromatic amines is 1. The first kappa shape index (κ1) is 39.9. The highest BCUT2D eigenvalue weighted by Crippen LogP contribution is 2.45. The predicted molar refractivity (Wildman–Crippen MR) is 184 cm³/mol. The minimum atomic E-state index is -4.33. The van der Waals surface area contributed by atoms with Crippen LogP contribution < -0.4 is 21.2 Å². The maximum Gasteiger partial charge on any atom is 0.348 e. The van der Waals surface area contributed by atoms with Crippen molar-refractivity contribution in [2.45, 2.75) is 129 Å². The van der Waals surface area contributed by atoms with Gasteiger partial charge in [0.1, 0.15) is 41.2 Å². The number of nitrogens with one attached hydrogen (secondary N) is 4. The van der Waals surface area contributed by atoms with E-state index in [0.717, 1.165) is 25.7 Å². The molecule has 0 spiro atoms. The molecule has 2 fully saturated rings. The van der Waals surface area contributed by atoms with Gasteiger partial charge in [0.15, 0.2) is 11.9 Å². The SMILES string of the molecule is CCOC(=O)[C@H](CC(C)C)NP(=O)(N[C@@H](CC(C)C)C(=O)OCC)OC[C@H]1O[C@@H](n2cnc3c(NC4CCCC4)[nH]c(=O)nc32)C(C)(O)[C@H]1O. The number of nitrogens with zero attached hydrogens (tertiary/aromatic N) is 3. The lowest BCUT2D eigenvalue weighted by atomic mass is 9.96. The van der Waals surface area contributed by atoms with Gasteiger partial charge < -0.3 is 34.3 Å². The number of fused-ring (bicyclic) bond motifs is 1. The van der Waals surface area contributed by atoms with E-state index in [-0.39, 0.29) is 49.6 Å². The van der Waals surface area contributed by atoms with Crippen LogP contribution in [0.25, 0.3) is 11.2 Å². The molecule has 6 atom stereocenters. The van der Waals surface area contributed by atoms with Crippen molar-refractivity contribution in [1.82, 2.24) is 29.7 Å². The normalized spacial score (nSPS) is 24.3. The van der Waals surface area contributed by atoms with E-state index in [1.807, 2.05) is 27.7 Å². The van der Waals surface area contributed by atoms with Crippen LogP contribution in [0.15, 0.2) is 11.1 Å². The van der Waals surface area contributed by atoms with E-state index in [2.05, 4.69) is 30.4 Å². The second-order valence-electron chi connectivity index (χ2n) is 14.0. The third-order valence-corrected chi connectivity index (χ3v) is 10.6. The Bertz CT molecular complexity index is 1520. The average Bonchev–Trinajstić information content (AvgIpc) is 3.74. The third kappa shape index (κ3) is 9.69. The summed E-state index contributed by atoms with van der Waals surface area (Å²) >= 11 is 0. The third-order valence-electron chi connectivity index (χ3n) is 8.78. The number of carbonyl (C=O) groups is 2. The van der Waals surface area contributed by atoms with E-state index in [1.165, 1.54) is 17.8 Å². The number of H-pyrrole nitrogens is 1. The van der Waals surface area contributed by atoms with Crippen molar-refractivity contribution in [3.63, 3.8) is 0 Å². The number of rotatable bonds is 18. The Morgan fingerprint density at radius 1 is 1.08 bits per heavy atom. The van der Waals surface area contributed by atoms with Crippen LogP contribution in [0.5, 0.6) is 0 Å². The molecule has 2 aliphatic rings. The van der Waals surface area contributed by atoms with Gasteiger partial charge in [0.05, 0.1) is 26.1 Å². The molecule has 3 heterocycles. The average molecular weight is 728 g/mol. The number of carbonyl (C=O) groups excluding carboxylic acids is 2. The van der Waals surface area contributed by atoms with Crippen LogP contribution in [-0.4, -0.2) is 97.4 Å². The molecule has 2 aromatic heterocycles. The fourth-order valence-corrected chi connectivity index (χ4v) is 8.22. The second-order valence-corrected chi connectivity index (χ2v) is 15.9. The first-order valence-electron chi connectivity index (χ1n) is 17.5. The first-order valence-corrected chi connectivity index (χ1v) is 19.1. The Balaban J connectivity index is 1.62. The fraction of sp³-hybridized carbons (Fsp3) is 0.781. The minimum Gasteiger partial charge on any atom is -0.465 e. The summed E-state index contributed by atoms with van der Waals surface area (Å²) in [6.07, 6.45) is 1.75. The van der Waals surface area contributed by atoms with Crippen molar-refractivity contribution in [1.29, 1.82) is 0 Å². The Morgan fingerprint density at radius 3 is 2.16 bits per heavy atom. The van der Waals surface area contributed by atoms with Gasteiger partial charge in [0.25, 0.3) is 0 Å². The molecule has 4 rings (SSSR count). The molecule has 1 aliphatic heterocycles. The number of hydrogen-bond acceptors (Lipinski definition) is 13. The number of ether oxygens (including phenoxy) is 3. The van der Waals surface area contributed by atoms with E-state index >= 15 is 0 Å². The summed E-state index contributed by atoms with van der Waals surface area (Å²) in [5.74, 6) is -0.939. The maximum atomic E-state index is 14.6. The second kappa shape index (κ2) is 17.1. The summed E-state index contributed by atoms with van der Waals surface area (Å²) < 4.78 is 38.5. The van der Waals surface area contributed by atoms with Crippen molar-refractivity contribution < 1.29 is 43.1 Å². The molecule has 0 aromatic carbocycles. The van der Waals surface area contributed by atoms with Crippen molar-refractivity contribution in [2.24, 2.45) is 11.8 Å². The molecule has 1 saturated heterocycles. The van der Waals surface area contributed by atoms with Crippen LogP contribution in [-0.2, 0) is 32.9 Å². The lowest BCUT2D eigenvalue weighted by molar-refractivity contribution is -0.146. The summed E-state index contributed by atoms with van der Waals surface area (Å²) in [6, 6.07) is -1.98. The molecular weight excluding hydrogens is 673 g/mol. The number of aromatic nitrogens is 4. The molecule has 0 radical (unpaired) electrons. The summed E-state index contributed by atoms with van der Waals surface area (Å²) in [4.78, 5) is 49.7. The molecule has 0 amide bonds. The van der Waals surface area contributed by atoms with Gasteiger partial charge in [-0.2, -0.15) is 4.98 Å². The molecule has 1 unspecified atom stereocenters. The van der Waals surface area contributed by atoms with Crippen molar-refractivity contribution in [3.05, 3.63) is 16.8 Å². The molecule has 18 heteroatoms. The Kier molecular flexibility index (Phi) is 13.6. The van der Waals surface area contributed by atoms with E-state index in [1.54, 1.807) is 13.8 Å². The van der Waals surface area contributed by atoms with E-state index < -0.39 is 68.0 Å². The van der Waals surface area contributed by atoms with Crippen molar-refractivity contribution in [3.8, 4) is 0 Å². The van der Waals surface area contributed by atoms with Gasteiger partial charge in [-0.3, -0.25) is 23.7 Å². The molecule has 282 valence electrons. The van der Waals surface area contributed by atoms with Gasteiger partial charge in [-0.25, -0.2) is 20.0 Å². The van der Waals surface area contributed by atoms with Crippen LogP contribution in [0.4, 0.5) is 5.82 Å². The van der Waals surface area contributed by atoms with Crippen LogP contribution in [0.3, 0.4) is 0 Å². The van der Waals surface area contributed by atoms with Crippen LogP contribution in [0.1, 0.15) is 93.2 Å². The van der Waals surface area contributed by atoms with Gasteiger partial charge in [-0.05, 0) is 58.3 Å². The predicted octanol–water partition coefficient (Wildman–Crippen LogP) is 2.74. The van der Waals surface area contributed by atoms with Gasteiger partial charge in [-0.15, -0.1) is 0 Å². The number of hydrogen-bond donors (Lipinski definition) is 6. The molecule has 6 N–H and O–H groups in total. The standard InChI is InChI=1S/C32H54N7O10P/c1-8-46-28(41)21(14-18(3)4)37-50(45,38-22(15-19(5)6)29(42)47-9-2)48-16-23-25(40)32(7,44)30(49-23)39-17-33-24-26(34-20-12-10-11-13-20)35-31(43)36-27(24)39/h17-23,25,30,40,44H,8-16H2,1-7H3,(H2,37,38,45)(H2,34,35,36,43)/t21-,22-,23+,25-,30+,32?/m0/s1. The Hall–Kier alpha value is -2.92. The molecule has 17 nitrogen and oxygen atoms in total. The highest BCUT2D eigenvalue weighted by Gasteiger charge is 2.54. The largest absolute Gasteiger partial charge is 0.465 e. The smallest absolute Gasteiger partial charge is 0.348 e. The molecule has 2 aromatic rings. The van der Waals surface area contributed by atoms with E-state index in [9.17, 15) is 29.2 Å². The van der Waals surface area contributed by atoms with Gasteiger partial charge in [0.2, 0.25) is 0 Å². The topological polar surface area (TPSA) is 228 Å². The zero-order chi connectivity index (χ0) is 36.8. The fourth-order valence-electron chi connectivity index (χ4n) is 6.39. The van der Waals surface area contributed by atoms with Crippen molar-refractivity contribution >= 4 is 36.6 Å². The number of anilines is 1. The molecule has 1 saturated carbocycles. The van der Waals surface area contributed by atoms with Crippen LogP contribution >= 0.6 is 7.67 Å². The van der Waals surface area contributed by atoms with E-state index in [0.29, 0.717) is 11.3 Å². The number of aliphatic hydroxyl groups excluding tert-OH is 1. The van der Waals surface area contributed by atoms with E-state index in [4.69, 9.17) is 18.7 Å². The zero-order valence-electron chi connectivity index (χ0n) is 30.0. The summed E-state index contributed by atoms with van der Waals surface area (Å²) in [7, 11) is -4.33. The lowest BCUT2D eigenvalue weighted by Crippen LogP contribution is -2.47. The highest BCUT2D eigenvalue weighted by molar-refractivity contribution is 7.54. The molecular formula is C32H54N7O10P. The van der Waals surface area contributed by atoms with Gasteiger partial charge in [-0.1, -0.05) is 40.5 Å². The number of imidazole rings is 1. The highest BCUT2D eigenvalue weighted by atomic mass is 31.2. The molecule has 0 bridgehead atoms. The zero-order valence-corrected chi connectivity index (χ0v) is 30.9. The summed E-state index contributed by atoms with van der Waals surface area (Å²) in [6.45, 7) is 11.8. The molecule has 50 heavy (non-hydrogen) atoms. The summed E-state index contributed by atoms with van der Waals surface area (Å²) in [5, 5.41) is 31.7. The lowest BCUT2D eigenvalue weighted by Gasteiger charge is -2.30. The molecule has 1 aliphatic carbocycles. The van der Waals surface area contributed by atoms with Crippen LogP contribution in [0, 0.1) is 11.8 Å². The number of aliphatic hydroxyl groups is 2. The first-order chi connectivity index (χ1) is 23.6. The Morgan fingerprint density at radius 2 is 1.64 bits per heavy atom. The van der Waals surface area contributed by atoms with Crippen LogP contribution in [0.2, 0.25) is 0 Å². The van der Waals surface area contributed by atoms with Gasteiger partial charge >= 0.3 is 25.3 Å². The quantitative estimate of drug-likeness (QED) is 0.0958. The van der Waals surface area contributed by atoms with Gasteiger partial charge in [0, 0.05) is 6.04 Å². The minimum absolute atomic E-state index is 0.0163. The maximum absolute atomic E-state index is 14.6. The monoisotopic (exact) mass is 727 g/mol. The van der Waals surface area contributed by atoms with Crippen molar-refractivity contribution in [2.75, 3.05) is 25.1 Å². The number of esters is 2.